The maximum Gasteiger partial charge on any atom is 0.0621 e. The zero-order chi connectivity index (χ0) is 10.8. The van der Waals surface area contributed by atoms with Gasteiger partial charge in [-0.25, -0.2) is 0 Å². The Labute approximate surface area is 94.0 Å². The summed E-state index contributed by atoms with van der Waals surface area (Å²) in [6, 6.07) is 0.814. The number of hydrogen-bond acceptors (Lipinski definition) is 2. The van der Waals surface area contributed by atoms with Crippen molar-refractivity contribution in [1.82, 2.24) is 4.90 Å². The molecule has 3 unspecified atom stereocenters. The SMILES string of the molecule is CC(C)OC1CCCCC1C1CCN1C. The van der Waals surface area contributed by atoms with E-state index in [0.29, 0.717) is 12.2 Å². The van der Waals surface area contributed by atoms with Gasteiger partial charge in [0.2, 0.25) is 0 Å². The average Bonchev–Trinajstić information content (AvgIpc) is 2.18. The molecule has 0 amide bonds. The number of likely N-dealkylation sites (tertiary alicyclic amines) is 1. The standard InChI is InChI=1S/C13H25NO/c1-10(2)15-13-7-5-4-6-11(13)12-8-9-14(12)3/h10-13H,4-9H2,1-3H3. The van der Waals surface area contributed by atoms with Crippen molar-refractivity contribution in [3.8, 4) is 0 Å². The molecule has 88 valence electrons. The number of ether oxygens (including phenoxy) is 1. The van der Waals surface area contributed by atoms with E-state index in [2.05, 4.69) is 25.8 Å². The van der Waals surface area contributed by atoms with Crippen molar-refractivity contribution in [2.24, 2.45) is 5.92 Å². The fourth-order valence-electron chi connectivity index (χ4n) is 3.16. The van der Waals surface area contributed by atoms with Crippen molar-refractivity contribution in [3.63, 3.8) is 0 Å². The van der Waals surface area contributed by atoms with Gasteiger partial charge >= 0.3 is 0 Å². The topological polar surface area (TPSA) is 12.5 Å². The Morgan fingerprint density at radius 3 is 2.40 bits per heavy atom. The molecule has 1 aliphatic carbocycles. The summed E-state index contributed by atoms with van der Waals surface area (Å²) >= 11 is 0. The Morgan fingerprint density at radius 2 is 1.87 bits per heavy atom. The predicted octanol–water partition coefficient (Wildman–Crippen LogP) is 2.67. The first kappa shape index (κ1) is 11.4. The zero-order valence-corrected chi connectivity index (χ0v) is 10.4. The van der Waals surface area contributed by atoms with Crippen LogP contribution in [-0.4, -0.2) is 36.7 Å². The number of nitrogens with zero attached hydrogens (tertiary/aromatic N) is 1. The molecule has 2 rings (SSSR count). The Kier molecular flexibility index (Phi) is 3.68. The minimum Gasteiger partial charge on any atom is -0.375 e. The molecule has 1 saturated carbocycles. The highest BCUT2D eigenvalue weighted by molar-refractivity contribution is 4.92. The minimum atomic E-state index is 0.390. The molecule has 0 aromatic heterocycles. The Bertz CT molecular complexity index is 205. The van der Waals surface area contributed by atoms with Crippen molar-refractivity contribution in [3.05, 3.63) is 0 Å². The smallest absolute Gasteiger partial charge is 0.0621 e. The van der Waals surface area contributed by atoms with Crippen LogP contribution in [0.4, 0.5) is 0 Å². The van der Waals surface area contributed by atoms with Gasteiger partial charge in [0.05, 0.1) is 12.2 Å². The van der Waals surface area contributed by atoms with Gasteiger partial charge in [0, 0.05) is 12.0 Å². The first-order valence-electron chi connectivity index (χ1n) is 6.54. The van der Waals surface area contributed by atoms with Gasteiger partial charge in [-0.3, -0.25) is 0 Å². The third kappa shape index (κ3) is 2.54. The Morgan fingerprint density at radius 1 is 1.13 bits per heavy atom. The van der Waals surface area contributed by atoms with Crippen LogP contribution in [-0.2, 0) is 4.74 Å². The summed E-state index contributed by atoms with van der Waals surface area (Å²) < 4.78 is 6.08. The zero-order valence-electron chi connectivity index (χ0n) is 10.4. The Hall–Kier alpha value is -0.0800. The van der Waals surface area contributed by atoms with Gasteiger partial charge in [0.25, 0.3) is 0 Å². The minimum absolute atomic E-state index is 0.390. The second kappa shape index (κ2) is 4.84. The van der Waals surface area contributed by atoms with Crippen LogP contribution < -0.4 is 0 Å². The third-order valence-corrected chi connectivity index (χ3v) is 4.04. The molecule has 2 fully saturated rings. The van der Waals surface area contributed by atoms with E-state index in [1.807, 2.05) is 0 Å². The summed E-state index contributed by atoms with van der Waals surface area (Å²) in [6.07, 6.45) is 7.75. The van der Waals surface area contributed by atoms with Crippen LogP contribution in [0.25, 0.3) is 0 Å². The second-order valence-electron chi connectivity index (χ2n) is 5.51. The molecule has 1 saturated heterocycles. The fourth-order valence-corrected chi connectivity index (χ4v) is 3.16. The lowest BCUT2D eigenvalue weighted by Crippen LogP contribution is -2.53. The van der Waals surface area contributed by atoms with E-state index in [9.17, 15) is 0 Å². The molecular formula is C13H25NO. The second-order valence-corrected chi connectivity index (χ2v) is 5.51. The summed E-state index contributed by atoms with van der Waals surface area (Å²) in [7, 11) is 2.26. The fraction of sp³-hybridized carbons (Fsp3) is 1.00. The van der Waals surface area contributed by atoms with Crippen LogP contribution in [0.2, 0.25) is 0 Å². The van der Waals surface area contributed by atoms with E-state index in [4.69, 9.17) is 4.74 Å². The largest absolute Gasteiger partial charge is 0.375 e. The first-order chi connectivity index (χ1) is 7.18. The highest BCUT2D eigenvalue weighted by atomic mass is 16.5. The van der Waals surface area contributed by atoms with Gasteiger partial charge in [-0.1, -0.05) is 12.8 Å². The van der Waals surface area contributed by atoms with Crippen molar-refractivity contribution >= 4 is 0 Å². The van der Waals surface area contributed by atoms with Crippen LogP contribution in [0.15, 0.2) is 0 Å². The van der Waals surface area contributed by atoms with E-state index in [0.717, 1.165) is 12.0 Å². The van der Waals surface area contributed by atoms with Gasteiger partial charge in [-0.15, -0.1) is 0 Å². The molecule has 1 aliphatic heterocycles. The Balaban J connectivity index is 1.93. The summed E-state index contributed by atoms with van der Waals surface area (Å²) in [5.74, 6) is 0.805. The lowest BCUT2D eigenvalue weighted by molar-refractivity contribution is -0.0847. The summed E-state index contributed by atoms with van der Waals surface area (Å²) in [6.45, 7) is 5.61. The van der Waals surface area contributed by atoms with Gasteiger partial charge in [0.15, 0.2) is 0 Å². The summed E-state index contributed by atoms with van der Waals surface area (Å²) in [5.41, 5.74) is 0. The molecule has 0 aromatic rings. The predicted molar refractivity (Wildman–Crippen MR) is 63.0 cm³/mol. The van der Waals surface area contributed by atoms with Crippen molar-refractivity contribution in [1.29, 1.82) is 0 Å². The molecule has 0 bridgehead atoms. The first-order valence-corrected chi connectivity index (χ1v) is 6.54. The van der Waals surface area contributed by atoms with E-state index >= 15 is 0 Å². The molecule has 2 nitrogen and oxygen atoms in total. The van der Waals surface area contributed by atoms with E-state index < -0.39 is 0 Å². The van der Waals surface area contributed by atoms with E-state index in [1.165, 1.54) is 38.6 Å². The molecule has 0 aromatic carbocycles. The van der Waals surface area contributed by atoms with Gasteiger partial charge in [-0.2, -0.15) is 0 Å². The van der Waals surface area contributed by atoms with Gasteiger partial charge < -0.3 is 9.64 Å². The molecule has 0 N–H and O–H groups in total. The van der Waals surface area contributed by atoms with Gasteiger partial charge in [-0.05, 0) is 46.7 Å². The van der Waals surface area contributed by atoms with Crippen LogP contribution >= 0.6 is 0 Å². The molecule has 1 heterocycles. The van der Waals surface area contributed by atoms with Gasteiger partial charge in [0.1, 0.15) is 0 Å². The monoisotopic (exact) mass is 211 g/mol. The lowest BCUT2D eigenvalue weighted by Gasteiger charge is -2.47. The maximum absolute atomic E-state index is 6.08. The third-order valence-electron chi connectivity index (χ3n) is 4.04. The normalized spacial score (nSPS) is 38.0. The van der Waals surface area contributed by atoms with Crippen molar-refractivity contribution < 1.29 is 4.74 Å². The van der Waals surface area contributed by atoms with E-state index in [1.54, 1.807) is 0 Å². The highest BCUT2D eigenvalue weighted by Gasteiger charge is 2.38. The molecule has 0 radical (unpaired) electrons. The van der Waals surface area contributed by atoms with Crippen LogP contribution in [0.3, 0.4) is 0 Å². The van der Waals surface area contributed by atoms with Crippen LogP contribution in [0, 0.1) is 5.92 Å². The highest BCUT2D eigenvalue weighted by Crippen LogP contribution is 2.36. The van der Waals surface area contributed by atoms with Crippen LogP contribution in [0.5, 0.6) is 0 Å². The molecule has 2 aliphatic rings. The molecule has 3 atom stereocenters. The maximum atomic E-state index is 6.08. The average molecular weight is 211 g/mol. The summed E-state index contributed by atoms with van der Waals surface area (Å²) in [4.78, 5) is 2.51. The number of rotatable bonds is 3. The molecule has 15 heavy (non-hydrogen) atoms. The molecule has 0 spiro atoms. The van der Waals surface area contributed by atoms with Crippen molar-refractivity contribution in [2.45, 2.75) is 64.2 Å². The number of hydrogen-bond donors (Lipinski definition) is 0. The lowest BCUT2D eigenvalue weighted by atomic mass is 9.77. The molecular weight excluding hydrogens is 186 g/mol. The van der Waals surface area contributed by atoms with Crippen LogP contribution in [0.1, 0.15) is 46.0 Å². The van der Waals surface area contributed by atoms with Crippen molar-refractivity contribution in [2.75, 3.05) is 13.6 Å². The van der Waals surface area contributed by atoms with E-state index in [-0.39, 0.29) is 0 Å². The quantitative estimate of drug-likeness (QED) is 0.711. The summed E-state index contributed by atoms with van der Waals surface area (Å²) in [5, 5.41) is 0. The molecule has 2 heteroatoms.